The quantitative estimate of drug-likeness (QED) is 0.588. The van der Waals surface area contributed by atoms with Crippen LogP contribution < -0.4 is 4.72 Å². The summed E-state index contributed by atoms with van der Waals surface area (Å²) >= 11 is 0. The molecular weight excluding hydrogens is 262 g/mol. The number of nitrogens with one attached hydrogen (secondary N) is 1. The third kappa shape index (κ3) is 3.52. The van der Waals surface area contributed by atoms with Crippen LogP contribution in [0.5, 0.6) is 0 Å². The van der Waals surface area contributed by atoms with E-state index in [2.05, 4.69) is 4.98 Å². The monoisotopic (exact) mass is 277 g/mol. The van der Waals surface area contributed by atoms with Crippen molar-refractivity contribution in [1.82, 2.24) is 14.3 Å². The normalized spacial score (nSPS) is 13.4. The number of aromatic nitrogens is 2. The van der Waals surface area contributed by atoms with Crippen LogP contribution in [0, 0.1) is 0 Å². The van der Waals surface area contributed by atoms with Crippen molar-refractivity contribution in [1.29, 1.82) is 0 Å². The number of aliphatic carboxylic acids is 1. The number of carbonyl (C=O) groups is 1. The highest BCUT2D eigenvalue weighted by Gasteiger charge is 2.26. The lowest BCUT2D eigenvalue weighted by molar-refractivity contribution is -0.139. The van der Waals surface area contributed by atoms with Gasteiger partial charge in [-0.1, -0.05) is 0 Å². The predicted octanol–water partition coefficient (Wildman–Crippen LogP) is -0.983. The number of hydrogen-bond donors (Lipinski definition) is 3. The molecule has 102 valence electrons. The number of sulfonamides is 1. The number of rotatable bonds is 7. The van der Waals surface area contributed by atoms with E-state index in [1.54, 1.807) is 4.57 Å². The Bertz CT molecular complexity index is 510. The van der Waals surface area contributed by atoms with Gasteiger partial charge in [0.1, 0.15) is 6.04 Å². The Morgan fingerprint density at radius 3 is 2.72 bits per heavy atom. The Balaban J connectivity index is 2.89. The van der Waals surface area contributed by atoms with Crippen molar-refractivity contribution < 1.29 is 23.4 Å². The van der Waals surface area contributed by atoms with E-state index in [0.717, 1.165) is 0 Å². The van der Waals surface area contributed by atoms with Crippen LogP contribution >= 0.6 is 0 Å². The fraction of sp³-hybridized carbons (Fsp3) is 0.556. The van der Waals surface area contributed by atoms with Crippen LogP contribution in [0.3, 0.4) is 0 Å². The molecule has 18 heavy (non-hydrogen) atoms. The SMILES string of the molecule is CCn1cnc(S(=O)(=O)N[C@@H](CCO)C(=O)O)c1. The van der Waals surface area contributed by atoms with Crippen LogP contribution in [-0.4, -0.2) is 46.8 Å². The van der Waals surface area contributed by atoms with Crippen molar-refractivity contribution in [2.75, 3.05) is 6.61 Å². The van der Waals surface area contributed by atoms with Gasteiger partial charge in [0.25, 0.3) is 10.0 Å². The smallest absolute Gasteiger partial charge is 0.321 e. The number of hydrogen-bond acceptors (Lipinski definition) is 5. The van der Waals surface area contributed by atoms with Gasteiger partial charge in [-0.15, -0.1) is 0 Å². The molecule has 3 N–H and O–H groups in total. The van der Waals surface area contributed by atoms with E-state index in [-0.39, 0.29) is 11.4 Å². The van der Waals surface area contributed by atoms with E-state index in [4.69, 9.17) is 10.2 Å². The molecule has 0 bridgehead atoms. The van der Waals surface area contributed by atoms with E-state index in [1.165, 1.54) is 12.5 Å². The van der Waals surface area contributed by atoms with Crippen LogP contribution in [0.25, 0.3) is 0 Å². The molecule has 0 aliphatic carbocycles. The summed E-state index contributed by atoms with van der Waals surface area (Å²) < 4.78 is 27.2. The lowest BCUT2D eigenvalue weighted by atomic mass is 10.2. The Kier molecular flexibility index (Phi) is 4.82. The second-order valence-corrected chi connectivity index (χ2v) is 5.23. The Hall–Kier alpha value is -1.45. The van der Waals surface area contributed by atoms with Crippen molar-refractivity contribution in [3.63, 3.8) is 0 Å². The molecule has 0 aliphatic heterocycles. The molecule has 0 spiro atoms. The fourth-order valence-corrected chi connectivity index (χ4v) is 2.43. The second kappa shape index (κ2) is 5.94. The van der Waals surface area contributed by atoms with Crippen LogP contribution in [-0.2, 0) is 21.4 Å². The summed E-state index contributed by atoms with van der Waals surface area (Å²) in [5, 5.41) is 17.2. The number of carboxylic acids is 1. The maximum atomic E-state index is 11.8. The highest BCUT2D eigenvalue weighted by atomic mass is 32.2. The first kappa shape index (κ1) is 14.6. The summed E-state index contributed by atoms with van der Waals surface area (Å²) in [7, 11) is -3.99. The van der Waals surface area contributed by atoms with Gasteiger partial charge in [-0.25, -0.2) is 13.4 Å². The van der Waals surface area contributed by atoms with E-state index in [9.17, 15) is 13.2 Å². The van der Waals surface area contributed by atoms with Gasteiger partial charge in [0.2, 0.25) is 0 Å². The van der Waals surface area contributed by atoms with E-state index in [0.29, 0.717) is 6.54 Å². The maximum absolute atomic E-state index is 11.8. The Morgan fingerprint density at radius 2 is 2.28 bits per heavy atom. The average molecular weight is 277 g/mol. The summed E-state index contributed by atoms with van der Waals surface area (Å²) in [6, 6.07) is -1.37. The molecule has 0 aliphatic rings. The second-order valence-electron chi connectivity index (χ2n) is 3.57. The molecule has 0 fully saturated rings. The van der Waals surface area contributed by atoms with Crippen molar-refractivity contribution in [3.8, 4) is 0 Å². The molecule has 0 unspecified atom stereocenters. The molecule has 1 aromatic rings. The largest absolute Gasteiger partial charge is 0.480 e. The predicted molar refractivity (Wildman–Crippen MR) is 61.3 cm³/mol. The fourth-order valence-electron chi connectivity index (χ4n) is 1.26. The molecule has 8 nitrogen and oxygen atoms in total. The minimum Gasteiger partial charge on any atom is -0.480 e. The lowest BCUT2D eigenvalue weighted by Gasteiger charge is -2.11. The number of nitrogens with zero attached hydrogens (tertiary/aromatic N) is 2. The molecule has 1 rings (SSSR count). The molecule has 0 amide bonds. The number of aliphatic hydroxyl groups excluding tert-OH is 1. The van der Waals surface area contributed by atoms with Crippen LogP contribution in [0.2, 0.25) is 0 Å². The number of aliphatic hydroxyl groups is 1. The molecule has 0 aromatic carbocycles. The van der Waals surface area contributed by atoms with Crippen molar-refractivity contribution in [2.45, 2.75) is 31.0 Å². The van der Waals surface area contributed by atoms with Crippen LogP contribution in [0.4, 0.5) is 0 Å². The van der Waals surface area contributed by atoms with Crippen LogP contribution in [0.15, 0.2) is 17.6 Å². The van der Waals surface area contributed by atoms with Gasteiger partial charge in [-0.05, 0) is 13.3 Å². The molecular formula is C9H15N3O5S. The zero-order valence-corrected chi connectivity index (χ0v) is 10.6. The van der Waals surface area contributed by atoms with Gasteiger partial charge < -0.3 is 14.8 Å². The molecule has 1 atom stereocenters. The minimum atomic E-state index is -3.99. The minimum absolute atomic E-state index is 0.205. The van der Waals surface area contributed by atoms with Gasteiger partial charge in [0.15, 0.2) is 5.03 Å². The van der Waals surface area contributed by atoms with Gasteiger partial charge in [0, 0.05) is 19.3 Å². The van der Waals surface area contributed by atoms with Gasteiger partial charge >= 0.3 is 5.97 Å². The Morgan fingerprint density at radius 1 is 1.61 bits per heavy atom. The first-order valence-corrected chi connectivity index (χ1v) is 6.76. The average Bonchev–Trinajstić information content (AvgIpc) is 2.77. The summed E-state index contributed by atoms with van der Waals surface area (Å²) in [5.74, 6) is -1.34. The molecule has 1 aromatic heterocycles. The van der Waals surface area contributed by atoms with Gasteiger partial charge in [0.05, 0.1) is 6.33 Å². The Labute approximate surface area is 104 Å². The highest BCUT2D eigenvalue weighted by molar-refractivity contribution is 7.89. The van der Waals surface area contributed by atoms with Crippen molar-refractivity contribution in [3.05, 3.63) is 12.5 Å². The number of carboxylic acid groups (broad SMARTS) is 1. The van der Waals surface area contributed by atoms with E-state index < -0.39 is 28.6 Å². The van der Waals surface area contributed by atoms with E-state index in [1.807, 2.05) is 11.6 Å². The van der Waals surface area contributed by atoms with Gasteiger partial charge in [-0.2, -0.15) is 4.72 Å². The first-order valence-electron chi connectivity index (χ1n) is 5.28. The summed E-state index contributed by atoms with van der Waals surface area (Å²) in [5.41, 5.74) is 0. The molecule has 1 heterocycles. The lowest BCUT2D eigenvalue weighted by Crippen LogP contribution is -2.41. The molecule has 0 saturated heterocycles. The van der Waals surface area contributed by atoms with Gasteiger partial charge in [-0.3, -0.25) is 4.79 Å². The standard InChI is InChI=1S/C9H15N3O5S/c1-2-12-5-8(10-6-12)18(16,17)11-7(3-4-13)9(14)15/h5-7,11,13H,2-4H2,1H3,(H,14,15)/t7-/m0/s1. The number of imidazole rings is 1. The van der Waals surface area contributed by atoms with E-state index >= 15 is 0 Å². The summed E-state index contributed by atoms with van der Waals surface area (Å²) in [4.78, 5) is 14.5. The molecule has 9 heteroatoms. The third-order valence-corrected chi connectivity index (χ3v) is 3.62. The first-order chi connectivity index (χ1) is 8.40. The van der Waals surface area contributed by atoms with Crippen molar-refractivity contribution >= 4 is 16.0 Å². The molecule has 0 radical (unpaired) electrons. The summed E-state index contributed by atoms with van der Waals surface area (Å²) in [6.45, 7) is 1.95. The topological polar surface area (TPSA) is 122 Å². The zero-order valence-electron chi connectivity index (χ0n) is 9.78. The summed E-state index contributed by atoms with van der Waals surface area (Å²) in [6.07, 6.45) is 2.44. The number of aryl methyl sites for hydroxylation is 1. The van der Waals surface area contributed by atoms with Crippen molar-refractivity contribution in [2.24, 2.45) is 0 Å². The van der Waals surface area contributed by atoms with Crippen LogP contribution in [0.1, 0.15) is 13.3 Å². The molecule has 0 saturated carbocycles. The third-order valence-electron chi connectivity index (χ3n) is 2.26. The highest BCUT2D eigenvalue weighted by Crippen LogP contribution is 2.07. The maximum Gasteiger partial charge on any atom is 0.321 e. The zero-order chi connectivity index (χ0) is 13.8.